The third-order valence-electron chi connectivity index (χ3n) is 9.30. The van der Waals surface area contributed by atoms with E-state index in [1.54, 1.807) is 10.6 Å². The Morgan fingerprint density at radius 2 is 1.70 bits per heavy atom. The molecule has 0 saturated carbocycles. The van der Waals surface area contributed by atoms with Crippen molar-refractivity contribution in [1.82, 2.24) is 14.0 Å². The zero-order valence-electron chi connectivity index (χ0n) is 24.5. The van der Waals surface area contributed by atoms with Crippen LogP contribution < -0.4 is 5.32 Å². The predicted molar refractivity (Wildman–Crippen MR) is 162 cm³/mol. The molecule has 2 unspecified atom stereocenters. The Labute approximate surface area is 268 Å². The van der Waals surface area contributed by atoms with Crippen molar-refractivity contribution in [3.05, 3.63) is 88.1 Å². The van der Waals surface area contributed by atoms with Crippen molar-refractivity contribution in [2.45, 2.75) is 80.5 Å². The van der Waals surface area contributed by atoms with Crippen LogP contribution in [0, 0.1) is 17.5 Å². The molecule has 242 valence electrons. The van der Waals surface area contributed by atoms with Gasteiger partial charge in [-0.05, 0) is 44.9 Å². The first-order valence-corrected chi connectivity index (χ1v) is 16.9. The van der Waals surface area contributed by atoms with E-state index in [9.17, 15) is 31.5 Å². The van der Waals surface area contributed by atoms with Crippen molar-refractivity contribution >= 4 is 33.2 Å². The summed E-state index contributed by atoms with van der Waals surface area (Å²) >= 11 is 6.79. The monoisotopic (exact) mass is 674 g/mol. The molecule has 0 radical (unpaired) electrons. The summed E-state index contributed by atoms with van der Waals surface area (Å²) in [7, 11) is -4.28. The molecule has 2 saturated heterocycles. The minimum Gasteiger partial charge on any atom is -0.383 e. The largest absolute Gasteiger partial charge is 0.383 e. The highest BCUT2D eigenvalue weighted by atomic mass is 35.5. The molecule has 7 rings (SSSR count). The number of halogens is 4. The van der Waals surface area contributed by atoms with Gasteiger partial charge >= 0.3 is 0 Å². The number of carbonyl (C=O) groups excluding carboxylic acids is 1. The molecule has 2 bridgehead atoms. The zero-order chi connectivity index (χ0) is 32.4. The number of hydrogen-bond donors (Lipinski definition) is 2. The van der Waals surface area contributed by atoms with Gasteiger partial charge in [0.05, 0.1) is 5.02 Å². The number of aromatic nitrogens is 2. The maximum Gasteiger partial charge on any atom is 0.273 e. The molecule has 3 aliphatic rings. The van der Waals surface area contributed by atoms with E-state index in [0.717, 1.165) is 12.0 Å². The topological polar surface area (TPSA) is 118 Å². The van der Waals surface area contributed by atoms with Crippen LogP contribution in [0.4, 0.5) is 18.9 Å². The first kappa shape index (κ1) is 31.0. The quantitative estimate of drug-likeness (QED) is 0.229. The number of nitrogens with zero attached hydrogens (tertiary/aromatic N) is 3. The van der Waals surface area contributed by atoms with E-state index < -0.39 is 51.1 Å². The molecule has 46 heavy (non-hydrogen) atoms. The Kier molecular flexibility index (Phi) is 7.78. The standard InChI is InChI=1S/C32H30ClF3N4O5S/c33-27-29(31(41)37-19-13-22(34)28(36)23(35)14-19)39-12-6-2-5-9-24(39)30(27)46(43,44)40-20-10-11-21(40)17-32(42,16-20)26-15-25(45-38-26)18-7-3-1-4-8-18/h1,3-4,7-8,13-15,20-21,42H,2,5-6,9-12,16-17H2,(H,37,41). The lowest BCUT2D eigenvalue weighted by atomic mass is 9.84. The molecule has 2 aromatic heterocycles. The number of amides is 1. The van der Waals surface area contributed by atoms with Crippen LogP contribution in [0.1, 0.15) is 66.8 Å². The lowest BCUT2D eigenvalue weighted by molar-refractivity contribution is -0.0393. The van der Waals surface area contributed by atoms with Crippen molar-refractivity contribution in [2.24, 2.45) is 0 Å². The SMILES string of the molecule is O=C(Nc1cc(F)c(F)c(F)c1)c1c(Cl)c(S(=O)(=O)N2C3CCC2CC(O)(c2cc(-c4ccccc4)on2)C3)c2n1CCCCC2. The van der Waals surface area contributed by atoms with E-state index >= 15 is 0 Å². The van der Waals surface area contributed by atoms with Crippen LogP contribution in [-0.4, -0.2) is 45.5 Å². The van der Waals surface area contributed by atoms with Gasteiger partial charge < -0.3 is 19.5 Å². The summed E-state index contributed by atoms with van der Waals surface area (Å²) in [6.07, 6.45) is 3.66. The minimum atomic E-state index is -4.28. The average molecular weight is 675 g/mol. The molecule has 5 heterocycles. The van der Waals surface area contributed by atoms with Crippen LogP contribution >= 0.6 is 11.6 Å². The fraction of sp³-hybridized carbons (Fsp3) is 0.375. The fourth-order valence-corrected chi connectivity index (χ4v) is 10.0. The van der Waals surface area contributed by atoms with Gasteiger partial charge in [0, 0.05) is 53.8 Å². The van der Waals surface area contributed by atoms with E-state index in [0.29, 0.717) is 67.9 Å². The number of rotatable bonds is 6. The molecule has 4 aromatic rings. The van der Waals surface area contributed by atoms with E-state index in [1.165, 1.54) is 4.31 Å². The number of aliphatic hydroxyl groups is 1. The molecule has 1 amide bonds. The van der Waals surface area contributed by atoms with Crippen molar-refractivity contribution in [3.8, 4) is 11.3 Å². The number of fused-ring (bicyclic) bond motifs is 3. The lowest BCUT2D eigenvalue weighted by Crippen LogP contribution is -2.52. The molecule has 2 atom stereocenters. The number of carbonyl (C=O) groups is 1. The van der Waals surface area contributed by atoms with E-state index in [4.69, 9.17) is 16.1 Å². The van der Waals surface area contributed by atoms with Crippen LogP contribution in [0.3, 0.4) is 0 Å². The highest BCUT2D eigenvalue weighted by molar-refractivity contribution is 7.89. The van der Waals surface area contributed by atoms with Gasteiger partial charge in [0.15, 0.2) is 23.2 Å². The first-order chi connectivity index (χ1) is 22.0. The number of benzene rings is 2. The van der Waals surface area contributed by atoms with Crippen molar-refractivity contribution < 1.29 is 36.0 Å². The van der Waals surface area contributed by atoms with E-state index in [-0.39, 0.29) is 34.1 Å². The van der Waals surface area contributed by atoms with Gasteiger partial charge in [0.2, 0.25) is 10.0 Å². The molecule has 0 spiro atoms. The average Bonchev–Trinajstić information content (AvgIpc) is 3.65. The molecule has 9 nitrogen and oxygen atoms in total. The normalized spacial score (nSPS) is 23.2. The maximum absolute atomic E-state index is 14.6. The Morgan fingerprint density at radius 3 is 2.37 bits per heavy atom. The van der Waals surface area contributed by atoms with Gasteiger partial charge in [-0.1, -0.05) is 53.5 Å². The second-order valence-electron chi connectivity index (χ2n) is 12.2. The van der Waals surface area contributed by atoms with Crippen LogP contribution in [0.25, 0.3) is 11.3 Å². The van der Waals surface area contributed by atoms with E-state index in [2.05, 4.69) is 10.5 Å². The summed E-state index contributed by atoms with van der Waals surface area (Å²) < 4.78 is 78.9. The smallest absolute Gasteiger partial charge is 0.273 e. The van der Waals surface area contributed by atoms with E-state index in [1.807, 2.05) is 30.3 Å². The molecule has 2 aromatic carbocycles. The Morgan fingerprint density at radius 1 is 1.02 bits per heavy atom. The van der Waals surface area contributed by atoms with Crippen molar-refractivity contribution in [1.29, 1.82) is 0 Å². The van der Waals surface area contributed by atoms with Crippen LogP contribution in [0.5, 0.6) is 0 Å². The summed E-state index contributed by atoms with van der Waals surface area (Å²) in [6.45, 7) is 0.308. The summed E-state index contributed by atoms with van der Waals surface area (Å²) in [5.74, 6) is -5.03. The fourth-order valence-electron chi connectivity index (χ4n) is 7.27. The number of piperidine rings is 1. The number of hydrogen-bond acceptors (Lipinski definition) is 6. The number of anilines is 1. The summed E-state index contributed by atoms with van der Waals surface area (Å²) in [6, 6.07) is 11.2. The summed E-state index contributed by atoms with van der Waals surface area (Å²) in [5.41, 5.74) is -0.397. The van der Waals surface area contributed by atoms with Crippen molar-refractivity contribution in [2.75, 3.05) is 5.32 Å². The Bertz CT molecular complexity index is 1910. The molecular formula is C32H30ClF3N4O5S. The van der Waals surface area contributed by atoms with Gasteiger partial charge in [-0.2, -0.15) is 4.31 Å². The second kappa shape index (κ2) is 11.5. The second-order valence-corrected chi connectivity index (χ2v) is 14.4. The Balaban J connectivity index is 1.22. The minimum absolute atomic E-state index is 0.0895. The molecule has 0 aliphatic carbocycles. The van der Waals surface area contributed by atoms with Crippen LogP contribution in [0.2, 0.25) is 5.02 Å². The lowest BCUT2D eigenvalue weighted by Gasteiger charge is -2.41. The highest BCUT2D eigenvalue weighted by Gasteiger charge is 2.55. The van der Waals surface area contributed by atoms with Crippen LogP contribution in [-0.2, 0) is 28.6 Å². The Hall–Kier alpha value is -3.65. The van der Waals surface area contributed by atoms with Gasteiger partial charge in [0.1, 0.15) is 21.9 Å². The molecule has 2 N–H and O–H groups in total. The van der Waals surface area contributed by atoms with Gasteiger partial charge in [-0.25, -0.2) is 21.6 Å². The third kappa shape index (κ3) is 5.13. The highest BCUT2D eigenvalue weighted by Crippen LogP contribution is 2.50. The number of nitrogens with one attached hydrogen (secondary N) is 1. The van der Waals surface area contributed by atoms with Gasteiger partial charge in [0.25, 0.3) is 5.91 Å². The molecular weight excluding hydrogens is 645 g/mol. The van der Waals surface area contributed by atoms with Gasteiger partial charge in [-0.3, -0.25) is 4.79 Å². The van der Waals surface area contributed by atoms with Gasteiger partial charge in [-0.15, -0.1) is 0 Å². The maximum atomic E-state index is 14.6. The first-order valence-electron chi connectivity index (χ1n) is 15.1. The molecule has 2 fully saturated rings. The molecule has 14 heteroatoms. The van der Waals surface area contributed by atoms with Crippen LogP contribution in [0.15, 0.2) is 57.9 Å². The van der Waals surface area contributed by atoms with Crippen molar-refractivity contribution in [3.63, 3.8) is 0 Å². The third-order valence-corrected chi connectivity index (χ3v) is 11.9. The number of sulfonamides is 1. The summed E-state index contributed by atoms with van der Waals surface area (Å²) in [5, 5.41) is 18.0. The summed E-state index contributed by atoms with van der Waals surface area (Å²) in [4.78, 5) is 13.3. The zero-order valence-corrected chi connectivity index (χ0v) is 26.1. The predicted octanol–water partition coefficient (Wildman–Crippen LogP) is 6.40. The molecule has 3 aliphatic heterocycles.